The summed E-state index contributed by atoms with van der Waals surface area (Å²) in [4.78, 5) is 15.9. The molecule has 5 heteroatoms. The number of aliphatic hydroxyl groups is 1. The van der Waals surface area contributed by atoms with Crippen LogP contribution >= 0.6 is 0 Å². The van der Waals surface area contributed by atoms with Gasteiger partial charge < -0.3 is 15.7 Å². The number of amides is 2. The maximum Gasteiger partial charge on any atom is 0.315 e. The fraction of sp³-hybridized carbons (Fsp3) is 0.250. The molecule has 0 saturated heterocycles. The van der Waals surface area contributed by atoms with Gasteiger partial charge in [-0.3, -0.25) is 4.98 Å². The lowest BCUT2D eigenvalue weighted by Crippen LogP contribution is -2.37. The van der Waals surface area contributed by atoms with Crippen LogP contribution in [0.4, 0.5) is 4.79 Å². The van der Waals surface area contributed by atoms with Crippen molar-refractivity contribution >= 4 is 6.03 Å². The van der Waals surface area contributed by atoms with Gasteiger partial charge >= 0.3 is 6.03 Å². The SMILES string of the molecule is O=C(NCc1ccncc1)N[C@H](CCO)c1ccccc1. The van der Waals surface area contributed by atoms with E-state index in [1.54, 1.807) is 12.4 Å². The quantitative estimate of drug-likeness (QED) is 0.760. The second kappa shape index (κ2) is 8.01. The van der Waals surface area contributed by atoms with E-state index in [2.05, 4.69) is 15.6 Å². The van der Waals surface area contributed by atoms with Gasteiger partial charge in [0, 0.05) is 25.5 Å². The summed E-state index contributed by atoms with van der Waals surface area (Å²) in [5.74, 6) is 0. The van der Waals surface area contributed by atoms with Crippen molar-refractivity contribution in [2.45, 2.75) is 19.0 Å². The van der Waals surface area contributed by atoms with Gasteiger partial charge in [0.15, 0.2) is 0 Å². The molecule has 1 heterocycles. The molecular weight excluding hydrogens is 266 g/mol. The monoisotopic (exact) mass is 285 g/mol. The molecular formula is C16H19N3O2. The van der Waals surface area contributed by atoms with Crippen LogP contribution in [0.2, 0.25) is 0 Å². The van der Waals surface area contributed by atoms with Crippen molar-refractivity contribution in [3.8, 4) is 0 Å². The van der Waals surface area contributed by atoms with Gasteiger partial charge in [-0.2, -0.15) is 0 Å². The molecule has 110 valence electrons. The minimum absolute atomic E-state index is 0.0181. The largest absolute Gasteiger partial charge is 0.396 e. The molecule has 0 bridgehead atoms. The zero-order chi connectivity index (χ0) is 14.9. The highest BCUT2D eigenvalue weighted by molar-refractivity contribution is 5.74. The van der Waals surface area contributed by atoms with Crippen LogP contribution in [0.5, 0.6) is 0 Å². The molecule has 2 aromatic rings. The van der Waals surface area contributed by atoms with Gasteiger partial charge in [0.1, 0.15) is 0 Å². The first-order valence-electron chi connectivity index (χ1n) is 6.88. The molecule has 0 aliphatic heterocycles. The fourth-order valence-corrected chi connectivity index (χ4v) is 2.03. The Balaban J connectivity index is 1.89. The second-order valence-electron chi connectivity index (χ2n) is 4.66. The Labute approximate surface area is 124 Å². The summed E-state index contributed by atoms with van der Waals surface area (Å²) < 4.78 is 0. The Morgan fingerprint density at radius 2 is 1.86 bits per heavy atom. The smallest absolute Gasteiger partial charge is 0.315 e. The molecule has 0 radical (unpaired) electrons. The van der Waals surface area contributed by atoms with Crippen LogP contribution in [0.15, 0.2) is 54.9 Å². The van der Waals surface area contributed by atoms with Crippen molar-refractivity contribution in [2.24, 2.45) is 0 Å². The number of hydrogen-bond acceptors (Lipinski definition) is 3. The third-order valence-electron chi connectivity index (χ3n) is 3.13. The minimum Gasteiger partial charge on any atom is -0.396 e. The summed E-state index contributed by atoms with van der Waals surface area (Å²) in [6, 6.07) is 12.9. The summed E-state index contributed by atoms with van der Waals surface area (Å²) in [6.45, 7) is 0.458. The van der Waals surface area contributed by atoms with Gasteiger partial charge in [0.05, 0.1) is 6.04 Å². The molecule has 1 aromatic heterocycles. The summed E-state index contributed by atoms with van der Waals surface area (Å²) in [6.07, 6.45) is 3.85. The van der Waals surface area contributed by atoms with E-state index < -0.39 is 0 Å². The van der Waals surface area contributed by atoms with Gasteiger partial charge in [-0.25, -0.2) is 4.79 Å². The number of pyridine rings is 1. The number of carbonyl (C=O) groups is 1. The average molecular weight is 285 g/mol. The van der Waals surface area contributed by atoms with E-state index in [-0.39, 0.29) is 18.7 Å². The van der Waals surface area contributed by atoms with Gasteiger partial charge in [0.2, 0.25) is 0 Å². The zero-order valence-corrected chi connectivity index (χ0v) is 11.7. The first kappa shape index (κ1) is 15.0. The molecule has 2 amide bonds. The molecule has 2 rings (SSSR count). The number of rotatable bonds is 6. The van der Waals surface area contributed by atoms with Crippen LogP contribution in [0.3, 0.4) is 0 Å². The van der Waals surface area contributed by atoms with Crippen molar-refractivity contribution in [3.05, 3.63) is 66.0 Å². The molecule has 0 aliphatic carbocycles. The van der Waals surface area contributed by atoms with Crippen molar-refractivity contribution in [1.82, 2.24) is 15.6 Å². The number of carbonyl (C=O) groups excluding carboxylic acids is 1. The number of nitrogens with one attached hydrogen (secondary N) is 2. The van der Waals surface area contributed by atoms with Crippen LogP contribution in [-0.2, 0) is 6.54 Å². The normalized spacial score (nSPS) is 11.7. The highest BCUT2D eigenvalue weighted by atomic mass is 16.3. The van der Waals surface area contributed by atoms with E-state index in [0.29, 0.717) is 13.0 Å². The first-order valence-corrected chi connectivity index (χ1v) is 6.88. The summed E-state index contributed by atoms with van der Waals surface area (Å²) >= 11 is 0. The van der Waals surface area contributed by atoms with Gasteiger partial charge in [-0.05, 0) is 29.7 Å². The number of aliphatic hydroxyl groups excluding tert-OH is 1. The number of benzene rings is 1. The van der Waals surface area contributed by atoms with Crippen molar-refractivity contribution in [2.75, 3.05) is 6.61 Å². The van der Waals surface area contributed by atoms with E-state index in [9.17, 15) is 4.79 Å². The van der Waals surface area contributed by atoms with E-state index in [1.165, 1.54) is 0 Å². The topological polar surface area (TPSA) is 74.2 Å². The highest BCUT2D eigenvalue weighted by Gasteiger charge is 2.13. The lowest BCUT2D eigenvalue weighted by Gasteiger charge is -2.18. The van der Waals surface area contributed by atoms with Gasteiger partial charge in [-0.15, -0.1) is 0 Å². The van der Waals surface area contributed by atoms with Gasteiger partial charge in [0.25, 0.3) is 0 Å². The Morgan fingerprint density at radius 1 is 1.14 bits per heavy atom. The number of aromatic nitrogens is 1. The number of urea groups is 1. The lowest BCUT2D eigenvalue weighted by molar-refractivity contribution is 0.229. The van der Waals surface area contributed by atoms with Crippen molar-refractivity contribution < 1.29 is 9.90 Å². The summed E-state index contributed by atoms with van der Waals surface area (Å²) in [5, 5.41) is 14.8. The highest BCUT2D eigenvalue weighted by Crippen LogP contribution is 2.15. The standard InChI is InChI=1S/C16H19N3O2/c20-11-8-15(14-4-2-1-3-5-14)19-16(21)18-12-13-6-9-17-10-7-13/h1-7,9-10,15,20H,8,11-12H2,(H2,18,19,21)/t15-/m1/s1. The van der Waals surface area contributed by atoms with Crippen LogP contribution in [0.1, 0.15) is 23.6 Å². The van der Waals surface area contributed by atoms with E-state index >= 15 is 0 Å². The van der Waals surface area contributed by atoms with Crippen LogP contribution < -0.4 is 10.6 Å². The third-order valence-corrected chi connectivity index (χ3v) is 3.13. The molecule has 0 fully saturated rings. The molecule has 0 aliphatic rings. The molecule has 0 spiro atoms. The molecule has 0 saturated carbocycles. The molecule has 1 atom stereocenters. The Hall–Kier alpha value is -2.40. The lowest BCUT2D eigenvalue weighted by atomic mass is 10.0. The van der Waals surface area contributed by atoms with E-state index in [0.717, 1.165) is 11.1 Å². The Morgan fingerprint density at radius 3 is 2.52 bits per heavy atom. The maximum atomic E-state index is 12.0. The predicted octanol–water partition coefficient (Wildman–Crippen LogP) is 2.00. The molecule has 1 aromatic carbocycles. The predicted molar refractivity (Wildman–Crippen MR) is 80.5 cm³/mol. The Bertz CT molecular complexity index is 546. The summed E-state index contributed by atoms with van der Waals surface area (Å²) in [5.41, 5.74) is 1.96. The maximum absolute atomic E-state index is 12.0. The second-order valence-corrected chi connectivity index (χ2v) is 4.66. The molecule has 5 nitrogen and oxygen atoms in total. The van der Waals surface area contributed by atoms with E-state index in [1.807, 2.05) is 42.5 Å². The fourth-order valence-electron chi connectivity index (χ4n) is 2.03. The van der Waals surface area contributed by atoms with Crippen LogP contribution in [0, 0.1) is 0 Å². The number of nitrogens with zero attached hydrogens (tertiary/aromatic N) is 1. The number of hydrogen-bond donors (Lipinski definition) is 3. The van der Waals surface area contributed by atoms with Crippen molar-refractivity contribution in [1.29, 1.82) is 0 Å². The van der Waals surface area contributed by atoms with Crippen LogP contribution in [-0.4, -0.2) is 22.7 Å². The Kier molecular flexibility index (Phi) is 5.72. The molecule has 3 N–H and O–H groups in total. The molecule has 0 unspecified atom stereocenters. The van der Waals surface area contributed by atoms with Crippen molar-refractivity contribution in [3.63, 3.8) is 0 Å². The van der Waals surface area contributed by atoms with Gasteiger partial charge in [-0.1, -0.05) is 30.3 Å². The first-order chi connectivity index (χ1) is 10.3. The average Bonchev–Trinajstić information content (AvgIpc) is 2.54. The van der Waals surface area contributed by atoms with E-state index in [4.69, 9.17) is 5.11 Å². The minimum atomic E-state index is -0.255. The zero-order valence-electron chi connectivity index (χ0n) is 11.7. The molecule has 21 heavy (non-hydrogen) atoms. The third kappa shape index (κ3) is 4.89. The summed E-state index contributed by atoms with van der Waals surface area (Å²) in [7, 11) is 0. The van der Waals surface area contributed by atoms with Crippen LogP contribution in [0.25, 0.3) is 0 Å².